The molecule has 0 bridgehead atoms. The second-order valence-corrected chi connectivity index (χ2v) is 3.55. The van der Waals surface area contributed by atoms with E-state index in [-0.39, 0.29) is 0 Å². The number of aryl methyl sites for hydroxylation is 1. The van der Waals surface area contributed by atoms with Gasteiger partial charge in [-0.2, -0.15) is 5.26 Å². The summed E-state index contributed by atoms with van der Waals surface area (Å²) >= 11 is 0. The van der Waals surface area contributed by atoms with Crippen molar-refractivity contribution in [1.82, 2.24) is 4.98 Å². The Hall–Kier alpha value is -2.28. The Balaban J connectivity index is 2.90. The zero-order valence-electron chi connectivity index (χ0n) is 9.11. The van der Waals surface area contributed by atoms with Crippen LogP contribution >= 0.6 is 0 Å². The minimum absolute atomic E-state index is 0.359. The summed E-state index contributed by atoms with van der Waals surface area (Å²) in [6.07, 6.45) is 0. The Bertz CT molecular complexity index is 599. The van der Waals surface area contributed by atoms with Gasteiger partial charge in [0.15, 0.2) is 0 Å². The van der Waals surface area contributed by atoms with E-state index in [9.17, 15) is 0 Å². The summed E-state index contributed by atoms with van der Waals surface area (Å²) in [6, 6.07) is 7.35. The van der Waals surface area contributed by atoms with Crippen LogP contribution < -0.4 is 10.5 Å². The number of fused-ring (bicyclic) bond motifs is 1. The lowest BCUT2D eigenvalue weighted by atomic mass is 10.1. The second-order valence-electron chi connectivity index (χ2n) is 3.55. The molecule has 0 amide bonds. The molecular formula is C12H11N3O. The first kappa shape index (κ1) is 10.2. The fourth-order valence-electron chi connectivity index (χ4n) is 1.70. The normalized spacial score (nSPS) is 10.1. The average molecular weight is 213 g/mol. The molecule has 1 aromatic carbocycles. The van der Waals surface area contributed by atoms with Crippen LogP contribution in [0.25, 0.3) is 10.9 Å². The molecule has 2 aromatic rings. The van der Waals surface area contributed by atoms with Crippen molar-refractivity contribution in [2.75, 3.05) is 12.8 Å². The number of nitrogens with zero attached hydrogens (tertiary/aromatic N) is 2. The van der Waals surface area contributed by atoms with Crippen LogP contribution in [0.5, 0.6) is 5.75 Å². The highest BCUT2D eigenvalue weighted by molar-refractivity contribution is 5.89. The molecule has 0 unspecified atom stereocenters. The number of hydrogen-bond donors (Lipinski definition) is 1. The van der Waals surface area contributed by atoms with Crippen LogP contribution in [0.2, 0.25) is 0 Å². The highest BCUT2D eigenvalue weighted by atomic mass is 16.5. The van der Waals surface area contributed by atoms with Crippen LogP contribution in [0.15, 0.2) is 18.2 Å². The molecule has 2 N–H and O–H groups in total. The lowest BCUT2D eigenvalue weighted by Gasteiger charge is -2.07. The van der Waals surface area contributed by atoms with Gasteiger partial charge in [0, 0.05) is 5.39 Å². The number of nitriles is 1. The van der Waals surface area contributed by atoms with E-state index in [4.69, 9.17) is 15.7 Å². The van der Waals surface area contributed by atoms with Gasteiger partial charge in [0.2, 0.25) is 0 Å². The molecule has 0 fully saturated rings. The summed E-state index contributed by atoms with van der Waals surface area (Å²) in [6.45, 7) is 1.92. The first-order chi connectivity index (χ1) is 7.65. The molecule has 4 nitrogen and oxygen atoms in total. The van der Waals surface area contributed by atoms with E-state index in [1.807, 2.05) is 13.0 Å². The van der Waals surface area contributed by atoms with Crippen molar-refractivity contribution >= 4 is 16.7 Å². The maximum atomic E-state index is 9.04. The minimum Gasteiger partial charge on any atom is -0.497 e. The molecule has 0 saturated carbocycles. The molecule has 0 atom stereocenters. The molecule has 1 aromatic heterocycles. The van der Waals surface area contributed by atoms with Crippen molar-refractivity contribution in [1.29, 1.82) is 5.26 Å². The van der Waals surface area contributed by atoms with Crippen molar-refractivity contribution in [3.05, 3.63) is 29.3 Å². The predicted octanol–water partition coefficient (Wildman–Crippen LogP) is 2.01. The van der Waals surface area contributed by atoms with Crippen LogP contribution in [-0.4, -0.2) is 12.1 Å². The van der Waals surface area contributed by atoms with Crippen LogP contribution in [0.4, 0.5) is 5.82 Å². The monoisotopic (exact) mass is 213 g/mol. The van der Waals surface area contributed by atoms with Gasteiger partial charge in [-0.05, 0) is 30.7 Å². The average Bonchev–Trinajstić information content (AvgIpc) is 2.28. The third-order valence-electron chi connectivity index (χ3n) is 2.45. The summed E-state index contributed by atoms with van der Waals surface area (Å²) < 4.78 is 5.16. The molecule has 0 aliphatic heterocycles. The molecular weight excluding hydrogens is 202 g/mol. The van der Waals surface area contributed by atoms with Gasteiger partial charge in [0.1, 0.15) is 11.6 Å². The Kier molecular flexibility index (Phi) is 2.37. The van der Waals surface area contributed by atoms with Crippen molar-refractivity contribution < 1.29 is 4.74 Å². The highest BCUT2D eigenvalue weighted by Gasteiger charge is 2.08. The molecule has 80 valence electrons. The predicted molar refractivity (Wildman–Crippen MR) is 62.2 cm³/mol. The Morgan fingerprint density at radius 2 is 2.12 bits per heavy atom. The largest absolute Gasteiger partial charge is 0.497 e. The smallest absolute Gasteiger partial charge is 0.125 e. The molecule has 2 rings (SSSR count). The van der Waals surface area contributed by atoms with Crippen molar-refractivity contribution in [3.63, 3.8) is 0 Å². The summed E-state index contributed by atoms with van der Waals surface area (Å²) in [4.78, 5) is 4.23. The number of methoxy groups -OCH3 is 1. The number of rotatable bonds is 1. The van der Waals surface area contributed by atoms with E-state index in [1.165, 1.54) is 0 Å². The number of benzene rings is 1. The number of pyridine rings is 1. The standard InChI is InChI=1S/C12H11N3O/c1-7-3-9(16-2)5-10-8(6-13)4-11(14)15-12(7)10/h3-5H,1-2H3,(H2,14,15). The van der Waals surface area contributed by atoms with Gasteiger partial charge in [-0.15, -0.1) is 0 Å². The quantitative estimate of drug-likeness (QED) is 0.786. The Labute approximate surface area is 93.3 Å². The number of nitrogen functional groups attached to an aromatic ring is 1. The SMILES string of the molecule is COc1cc(C)c2nc(N)cc(C#N)c2c1. The zero-order valence-corrected chi connectivity index (χ0v) is 9.11. The molecule has 1 heterocycles. The van der Waals surface area contributed by atoms with E-state index in [0.717, 1.165) is 16.5 Å². The molecule has 0 saturated heterocycles. The minimum atomic E-state index is 0.359. The molecule has 0 spiro atoms. The van der Waals surface area contributed by atoms with Gasteiger partial charge in [-0.1, -0.05) is 0 Å². The van der Waals surface area contributed by atoms with E-state index in [1.54, 1.807) is 19.2 Å². The molecule has 4 heteroatoms. The van der Waals surface area contributed by atoms with Gasteiger partial charge >= 0.3 is 0 Å². The van der Waals surface area contributed by atoms with Crippen molar-refractivity contribution in [2.24, 2.45) is 0 Å². The summed E-state index contributed by atoms with van der Waals surface area (Å²) in [5, 5.41) is 9.81. The Morgan fingerprint density at radius 3 is 2.75 bits per heavy atom. The number of ether oxygens (including phenoxy) is 1. The number of nitrogens with two attached hydrogens (primary N) is 1. The lowest BCUT2D eigenvalue weighted by molar-refractivity contribution is 0.415. The second kappa shape index (κ2) is 3.70. The summed E-state index contributed by atoms with van der Waals surface area (Å²) in [7, 11) is 1.59. The van der Waals surface area contributed by atoms with E-state index < -0.39 is 0 Å². The lowest BCUT2D eigenvalue weighted by Crippen LogP contribution is -1.95. The number of anilines is 1. The van der Waals surface area contributed by atoms with Crippen molar-refractivity contribution in [3.8, 4) is 11.8 Å². The van der Waals surface area contributed by atoms with Crippen molar-refractivity contribution in [2.45, 2.75) is 6.92 Å². The van der Waals surface area contributed by atoms with Gasteiger partial charge in [-0.25, -0.2) is 4.98 Å². The maximum absolute atomic E-state index is 9.04. The number of aromatic nitrogens is 1. The van der Waals surface area contributed by atoms with Crippen LogP contribution in [0.3, 0.4) is 0 Å². The first-order valence-corrected chi connectivity index (χ1v) is 4.80. The van der Waals surface area contributed by atoms with Crippen LogP contribution in [0.1, 0.15) is 11.1 Å². The van der Waals surface area contributed by atoms with Gasteiger partial charge in [0.25, 0.3) is 0 Å². The zero-order chi connectivity index (χ0) is 11.7. The molecule has 16 heavy (non-hydrogen) atoms. The van der Waals surface area contributed by atoms with E-state index >= 15 is 0 Å². The van der Waals surface area contributed by atoms with Crippen LogP contribution in [-0.2, 0) is 0 Å². The summed E-state index contributed by atoms with van der Waals surface area (Å²) in [5.41, 5.74) is 7.85. The highest BCUT2D eigenvalue weighted by Crippen LogP contribution is 2.27. The van der Waals surface area contributed by atoms with Crippen LogP contribution in [0, 0.1) is 18.3 Å². The molecule has 0 radical (unpaired) electrons. The van der Waals surface area contributed by atoms with Gasteiger partial charge < -0.3 is 10.5 Å². The summed E-state index contributed by atoms with van der Waals surface area (Å²) in [5.74, 6) is 1.07. The first-order valence-electron chi connectivity index (χ1n) is 4.80. The third-order valence-corrected chi connectivity index (χ3v) is 2.45. The topological polar surface area (TPSA) is 71.9 Å². The van der Waals surface area contributed by atoms with Gasteiger partial charge in [0.05, 0.1) is 24.3 Å². The van der Waals surface area contributed by atoms with Gasteiger partial charge in [-0.3, -0.25) is 0 Å². The maximum Gasteiger partial charge on any atom is 0.125 e. The Morgan fingerprint density at radius 1 is 1.38 bits per heavy atom. The van der Waals surface area contributed by atoms with E-state index in [0.29, 0.717) is 17.1 Å². The molecule has 0 aliphatic rings. The fraction of sp³-hybridized carbons (Fsp3) is 0.167. The number of hydrogen-bond acceptors (Lipinski definition) is 4. The third kappa shape index (κ3) is 1.52. The molecule has 0 aliphatic carbocycles. The fourth-order valence-corrected chi connectivity index (χ4v) is 1.70. The van der Waals surface area contributed by atoms with E-state index in [2.05, 4.69) is 11.1 Å².